The number of alkyl halides is 3. The highest BCUT2D eigenvalue weighted by Crippen LogP contribution is 2.37. The molecule has 5 heteroatoms. The SMILES string of the molecule is CC1(C(=O)NCc2ccc(C(F)(F)F)cc2)CCCC1. The molecule has 2 rings (SSSR count). The maximum absolute atomic E-state index is 12.4. The van der Waals surface area contributed by atoms with E-state index in [2.05, 4.69) is 5.32 Å². The van der Waals surface area contributed by atoms with Crippen molar-refractivity contribution in [3.8, 4) is 0 Å². The summed E-state index contributed by atoms with van der Waals surface area (Å²) < 4.78 is 37.3. The minimum absolute atomic E-state index is 0.00472. The number of hydrogen-bond acceptors (Lipinski definition) is 1. The Morgan fingerprint density at radius 2 is 1.75 bits per heavy atom. The van der Waals surface area contributed by atoms with E-state index in [1.807, 2.05) is 6.92 Å². The van der Waals surface area contributed by atoms with Gasteiger partial charge in [0, 0.05) is 12.0 Å². The second-order valence-electron chi connectivity index (χ2n) is 5.65. The van der Waals surface area contributed by atoms with Gasteiger partial charge >= 0.3 is 6.18 Å². The second kappa shape index (κ2) is 5.46. The highest BCUT2D eigenvalue weighted by atomic mass is 19.4. The molecule has 110 valence electrons. The molecule has 0 radical (unpaired) electrons. The van der Waals surface area contributed by atoms with Crippen molar-refractivity contribution in [1.29, 1.82) is 0 Å². The van der Waals surface area contributed by atoms with E-state index in [9.17, 15) is 18.0 Å². The van der Waals surface area contributed by atoms with Crippen molar-refractivity contribution in [3.63, 3.8) is 0 Å². The number of amides is 1. The Balaban J connectivity index is 1.93. The number of nitrogens with one attached hydrogen (secondary N) is 1. The predicted molar refractivity (Wildman–Crippen MR) is 69.9 cm³/mol. The summed E-state index contributed by atoms with van der Waals surface area (Å²) in [5.74, 6) is -0.00472. The summed E-state index contributed by atoms with van der Waals surface area (Å²) in [7, 11) is 0. The summed E-state index contributed by atoms with van der Waals surface area (Å²) in [4.78, 5) is 12.1. The molecule has 1 amide bonds. The zero-order chi connectivity index (χ0) is 14.8. The number of carbonyl (C=O) groups is 1. The smallest absolute Gasteiger partial charge is 0.352 e. The van der Waals surface area contributed by atoms with Crippen LogP contribution in [0.25, 0.3) is 0 Å². The quantitative estimate of drug-likeness (QED) is 0.896. The lowest BCUT2D eigenvalue weighted by Gasteiger charge is -2.22. The summed E-state index contributed by atoms with van der Waals surface area (Å²) in [6.45, 7) is 2.22. The average molecular weight is 285 g/mol. The van der Waals surface area contributed by atoms with Gasteiger partial charge in [0.05, 0.1) is 5.56 Å². The maximum atomic E-state index is 12.4. The van der Waals surface area contributed by atoms with Gasteiger partial charge in [-0.25, -0.2) is 0 Å². The van der Waals surface area contributed by atoms with Crippen LogP contribution in [0, 0.1) is 5.41 Å². The summed E-state index contributed by atoms with van der Waals surface area (Å²) in [5.41, 5.74) is -0.311. The molecule has 1 N–H and O–H groups in total. The van der Waals surface area contributed by atoms with E-state index >= 15 is 0 Å². The number of hydrogen-bond donors (Lipinski definition) is 1. The molecular weight excluding hydrogens is 267 g/mol. The lowest BCUT2D eigenvalue weighted by Crippen LogP contribution is -2.36. The molecule has 2 nitrogen and oxygen atoms in total. The molecule has 1 aromatic rings. The molecular formula is C15H18F3NO. The lowest BCUT2D eigenvalue weighted by molar-refractivity contribution is -0.137. The van der Waals surface area contributed by atoms with Gasteiger partial charge in [-0.15, -0.1) is 0 Å². The van der Waals surface area contributed by atoms with Gasteiger partial charge in [0.25, 0.3) is 0 Å². The fraction of sp³-hybridized carbons (Fsp3) is 0.533. The van der Waals surface area contributed by atoms with Crippen LogP contribution >= 0.6 is 0 Å². The van der Waals surface area contributed by atoms with Crippen molar-refractivity contribution in [2.75, 3.05) is 0 Å². The normalized spacial score (nSPS) is 18.0. The van der Waals surface area contributed by atoms with Gasteiger partial charge in [0.1, 0.15) is 0 Å². The third-order valence-corrected chi connectivity index (χ3v) is 3.99. The summed E-state index contributed by atoms with van der Waals surface area (Å²) in [5, 5.41) is 2.82. The minimum atomic E-state index is -4.32. The Bertz CT molecular complexity index is 473. The van der Waals surface area contributed by atoms with Crippen LogP contribution in [-0.4, -0.2) is 5.91 Å². The third-order valence-electron chi connectivity index (χ3n) is 3.99. The van der Waals surface area contributed by atoms with Gasteiger partial charge in [-0.3, -0.25) is 4.79 Å². The highest BCUT2D eigenvalue weighted by molar-refractivity contribution is 5.82. The zero-order valence-corrected chi connectivity index (χ0v) is 11.4. The van der Waals surface area contributed by atoms with Crippen molar-refractivity contribution >= 4 is 5.91 Å². The fourth-order valence-corrected chi connectivity index (χ4v) is 2.59. The molecule has 0 aromatic heterocycles. The van der Waals surface area contributed by atoms with Crippen LogP contribution < -0.4 is 5.32 Å². The van der Waals surface area contributed by atoms with Crippen molar-refractivity contribution in [1.82, 2.24) is 5.32 Å². The molecule has 1 saturated carbocycles. The standard InChI is InChI=1S/C15H18F3NO/c1-14(8-2-3-9-14)13(20)19-10-11-4-6-12(7-5-11)15(16,17)18/h4-7H,2-3,8-10H2,1H3,(H,19,20). The molecule has 0 atom stereocenters. The first kappa shape index (κ1) is 14.9. The first-order valence-corrected chi connectivity index (χ1v) is 6.76. The molecule has 20 heavy (non-hydrogen) atoms. The molecule has 0 heterocycles. The van der Waals surface area contributed by atoms with E-state index in [-0.39, 0.29) is 17.9 Å². The van der Waals surface area contributed by atoms with Crippen LogP contribution in [0.4, 0.5) is 13.2 Å². The Morgan fingerprint density at radius 1 is 1.20 bits per heavy atom. The largest absolute Gasteiger partial charge is 0.416 e. The van der Waals surface area contributed by atoms with Crippen LogP contribution in [0.2, 0.25) is 0 Å². The van der Waals surface area contributed by atoms with Gasteiger partial charge in [-0.05, 0) is 30.5 Å². The highest BCUT2D eigenvalue weighted by Gasteiger charge is 2.35. The Morgan fingerprint density at radius 3 is 2.25 bits per heavy atom. The number of rotatable bonds is 3. The van der Waals surface area contributed by atoms with E-state index in [1.165, 1.54) is 12.1 Å². The van der Waals surface area contributed by atoms with E-state index < -0.39 is 11.7 Å². The van der Waals surface area contributed by atoms with Crippen LogP contribution in [0.15, 0.2) is 24.3 Å². The third kappa shape index (κ3) is 3.32. The van der Waals surface area contributed by atoms with Crippen LogP contribution in [-0.2, 0) is 17.5 Å². The summed E-state index contributed by atoms with van der Waals surface area (Å²) >= 11 is 0. The van der Waals surface area contributed by atoms with E-state index in [4.69, 9.17) is 0 Å². The zero-order valence-electron chi connectivity index (χ0n) is 11.4. The molecule has 1 aliphatic rings. The van der Waals surface area contributed by atoms with Gasteiger partial charge in [-0.1, -0.05) is 31.9 Å². The number of halogens is 3. The van der Waals surface area contributed by atoms with Crippen LogP contribution in [0.5, 0.6) is 0 Å². The topological polar surface area (TPSA) is 29.1 Å². The predicted octanol–water partition coefficient (Wildman–Crippen LogP) is 3.90. The molecule has 1 aromatic carbocycles. The van der Waals surface area contributed by atoms with Gasteiger partial charge in [0.15, 0.2) is 0 Å². The van der Waals surface area contributed by atoms with Crippen molar-refractivity contribution in [2.45, 2.75) is 45.3 Å². The average Bonchev–Trinajstić information content (AvgIpc) is 2.84. The molecule has 0 bridgehead atoms. The van der Waals surface area contributed by atoms with Crippen molar-refractivity contribution < 1.29 is 18.0 Å². The Hall–Kier alpha value is -1.52. The molecule has 0 saturated heterocycles. The Labute approximate surface area is 116 Å². The maximum Gasteiger partial charge on any atom is 0.416 e. The number of benzene rings is 1. The van der Waals surface area contributed by atoms with E-state index in [1.54, 1.807) is 0 Å². The molecule has 0 unspecified atom stereocenters. The summed E-state index contributed by atoms with van der Waals surface area (Å²) in [6, 6.07) is 4.89. The molecule has 1 aliphatic carbocycles. The second-order valence-corrected chi connectivity index (χ2v) is 5.65. The lowest BCUT2D eigenvalue weighted by atomic mass is 9.88. The van der Waals surface area contributed by atoms with E-state index in [0.29, 0.717) is 5.56 Å². The molecule has 1 fully saturated rings. The van der Waals surface area contributed by atoms with Gasteiger partial charge < -0.3 is 5.32 Å². The van der Waals surface area contributed by atoms with Gasteiger partial charge in [-0.2, -0.15) is 13.2 Å². The van der Waals surface area contributed by atoms with Crippen molar-refractivity contribution in [2.24, 2.45) is 5.41 Å². The van der Waals surface area contributed by atoms with Gasteiger partial charge in [0.2, 0.25) is 5.91 Å². The molecule has 0 spiro atoms. The first-order chi connectivity index (χ1) is 9.31. The summed E-state index contributed by atoms with van der Waals surface area (Å²) in [6.07, 6.45) is -0.439. The van der Waals surface area contributed by atoms with Crippen LogP contribution in [0.3, 0.4) is 0 Å². The van der Waals surface area contributed by atoms with Crippen LogP contribution in [0.1, 0.15) is 43.7 Å². The Kier molecular flexibility index (Phi) is 4.06. The van der Waals surface area contributed by atoms with E-state index in [0.717, 1.165) is 37.8 Å². The number of carbonyl (C=O) groups excluding carboxylic acids is 1. The molecule has 0 aliphatic heterocycles. The van der Waals surface area contributed by atoms with Crippen molar-refractivity contribution in [3.05, 3.63) is 35.4 Å². The monoisotopic (exact) mass is 285 g/mol. The fourth-order valence-electron chi connectivity index (χ4n) is 2.59. The minimum Gasteiger partial charge on any atom is -0.352 e. The first-order valence-electron chi connectivity index (χ1n) is 6.76.